The summed E-state index contributed by atoms with van der Waals surface area (Å²) in [5, 5.41) is 3.44. The number of ether oxygens (including phenoxy) is 1. The molecule has 1 fully saturated rings. The number of hydrogen-bond donors (Lipinski definition) is 1. The fourth-order valence-corrected chi connectivity index (χ4v) is 3.12. The quantitative estimate of drug-likeness (QED) is 0.931. The number of imidazole rings is 1. The lowest BCUT2D eigenvalue weighted by atomic mass is 10.0. The summed E-state index contributed by atoms with van der Waals surface area (Å²) in [6, 6.07) is 6.60. The van der Waals surface area contributed by atoms with Crippen molar-refractivity contribution < 1.29 is 4.74 Å². The van der Waals surface area contributed by atoms with Crippen molar-refractivity contribution in [1.29, 1.82) is 0 Å². The molecule has 1 aromatic heterocycles. The molecule has 1 N–H and O–H groups in total. The zero-order chi connectivity index (χ0) is 14.1. The molecule has 1 aliphatic rings. The van der Waals surface area contributed by atoms with E-state index in [2.05, 4.69) is 29.8 Å². The van der Waals surface area contributed by atoms with E-state index in [1.807, 2.05) is 12.1 Å². The van der Waals surface area contributed by atoms with Gasteiger partial charge in [-0.2, -0.15) is 0 Å². The Bertz CT molecular complexity index is 597. The van der Waals surface area contributed by atoms with Crippen molar-refractivity contribution in [1.82, 2.24) is 14.9 Å². The summed E-state index contributed by atoms with van der Waals surface area (Å²) < 4.78 is 7.67. The first-order valence-corrected chi connectivity index (χ1v) is 7.44. The van der Waals surface area contributed by atoms with E-state index < -0.39 is 0 Å². The van der Waals surface area contributed by atoms with Crippen LogP contribution in [0.5, 0.6) is 5.75 Å². The van der Waals surface area contributed by atoms with Crippen molar-refractivity contribution in [3.05, 3.63) is 24.0 Å². The monoisotopic (exact) mass is 273 g/mol. The minimum atomic E-state index is 0.428. The largest absolute Gasteiger partial charge is 0.497 e. The zero-order valence-electron chi connectivity index (χ0n) is 12.5. The second-order valence-corrected chi connectivity index (χ2v) is 5.91. The van der Waals surface area contributed by atoms with Crippen molar-refractivity contribution in [2.45, 2.75) is 32.7 Å². The summed E-state index contributed by atoms with van der Waals surface area (Å²) >= 11 is 0. The van der Waals surface area contributed by atoms with Crippen LogP contribution in [0.25, 0.3) is 11.0 Å². The van der Waals surface area contributed by atoms with E-state index in [0.29, 0.717) is 12.0 Å². The van der Waals surface area contributed by atoms with Gasteiger partial charge in [0, 0.05) is 18.5 Å². The normalized spacial score (nSPS) is 19.1. The molecule has 1 saturated heterocycles. The van der Waals surface area contributed by atoms with Gasteiger partial charge in [-0.15, -0.1) is 0 Å². The molecule has 0 amide bonds. The molecule has 1 aliphatic heterocycles. The topological polar surface area (TPSA) is 39.1 Å². The molecule has 0 bridgehead atoms. The number of nitrogens with one attached hydrogen (secondary N) is 1. The number of aromatic nitrogens is 2. The van der Waals surface area contributed by atoms with Crippen LogP contribution in [0.2, 0.25) is 0 Å². The second kappa shape index (κ2) is 5.44. The van der Waals surface area contributed by atoms with Crippen molar-refractivity contribution >= 4 is 11.0 Å². The molecule has 2 heterocycles. The number of benzene rings is 1. The third-order valence-corrected chi connectivity index (χ3v) is 4.12. The molecule has 4 heteroatoms. The lowest BCUT2D eigenvalue weighted by Crippen LogP contribution is -2.14. The highest BCUT2D eigenvalue weighted by Crippen LogP contribution is 2.27. The number of hydrogen-bond acceptors (Lipinski definition) is 3. The molecule has 3 rings (SSSR count). The molecular formula is C16H23N3O. The molecule has 1 unspecified atom stereocenters. The van der Waals surface area contributed by atoms with Crippen LogP contribution in [0.4, 0.5) is 0 Å². The van der Waals surface area contributed by atoms with Crippen LogP contribution in [0.3, 0.4) is 0 Å². The lowest BCUT2D eigenvalue weighted by molar-refractivity contribution is 0.415. The van der Waals surface area contributed by atoms with Crippen LogP contribution < -0.4 is 10.1 Å². The van der Waals surface area contributed by atoms with Crippen molar-refractivity contribution in [2.24, 2.45) is 5.92 Å². The van der Waals surface area contributed by atoms with E-state index in [-0.39, 0.29) is 0 Å². The van der Waals surface area contributed by atoms with Crippen LogP contribution >= 0.6 is 0 Å². The molecule has 0 spiro atoms. The number of rotatable bonds is 4. The predicted molar refractivity (Wildman–Crippen MR) is 81.4 cm³/mol. The minimum Gasteiger partial charge on any atom is -0.497 e. The third kappa shape index (κ3) is 2.40. The highest BCUT2D eigenvalue weighted by atomic mass is 16.5. The molecule has 1 aromatic carbocycles. The zero-order valence-corrected chi connectivity index (χ0v) is 12.5. The van der Waals surface area contributed by atoms with E-state index in [1.54, 1.807) is 7.11 Å². The Kier molecular flexibility index (Phi) is 3.66. The number of methoxy groups -OCH3 is 1. The van der Waals surface area contributed by atoms with Crippen LogP contribution in [0.15, 0.2) is 18.2 Å². The fourth-order valence-electron chi connectivity index (χ4n) is 3.12. The second-order valence-electron chi connectivity index (χ2n) is 5.91. The van der Waals surface area contributed by atoms with Crippen LogP contribution in [-0.4, -0.2) is 29.8 Å². The number of fused-ring (bicyclic) bond motifs is 1. The van der Waals surface area contributed by atoms with Gasteiger partial charge in [-0.3, -0.25) is 0 Å². The maximum Gasteiger partial charge on any atom is 0.121 e. The smallest absolute Gasteiger partial charge is 0.121 e. The maximum absolute atomic E-state index is 5.31. The van der Waals surface area contributed by atoms with E-state index in [1.165, 1.54) is 17.8 Å². The van der Waals surface area contributed by atoms with Gasteiger partial charge in [0.25, 0.3) is 0 Å². The average molecular weight is 273 g/mol. The maximum atomic E-state index is 5.31. The van der Waals surface area contributed by atoms with Crippen LogP contribution in [0.1, 0.15) is 32.1 Å². The van der Waals surface area contributed by atoms with E-state index in [0.717, 1.165) is 30.8 Å². The van der Waals surface area contributed by atoms with Gasteiger partial charge < -0.3 is 14.6 Å². The van der Waals surface area contributed by atoms with Gasteiger partial charge in [0.2, 0.25) is 0 Å². The van der Waals surface area contributed by atoms with Crippen LogP contribution in [0, 0.1) is 5.92 Å². The third-order valence-electron chi connectivity index (χ3n) is 4.12. The molecular weight excluding hydrogens is 250 g/mol. The molecule has 20 heavy (non-hydrogen) atoms. The first-order valence-electron chi connectivity index (χ1n) is 7.44. The van der Waals surface area contributed by atoms with Gasteiger partial charge >= 0.3 is 0 Å². The highest BCUT2D eigenvalue weighted by molar-refractivity contribution is 5.78. The standard InChI is InChI=1S/C16H23N3O/c1-11(2)19-15-5-4-13(20-3)9-14(15)18-16(19)8-12-6-7-17-10-12/h4-5,9,11-12,17H,6-8,10H2,1-3H3. The summed E-state index contributed by atoms with van der Waals surface area (Å²) in [5.74, 6) is 2.79. The SMILES string of the molecule is COc1ccc2c(c1)nc(CC1CCNC1)n2C(C)C. The fraction of sp³-hybridized carbons (Fsp3) is 0.562. The Labute approximate surface area is 120 Å². The minimum absolute atomic E-state index is 0.428. The van der Waals surface area contributed by atoms with Gasteiger partial charge in [-0.05, 0) is 51.4 Å². The Morgan fingerprint density at radius 3 is 2.95 bits per heavy atom. The summed E-state index contributed by atoms with van der Waals surface area (Å²) in [6.07, 6.45) is 2.31. The predicted octanol–water partition coefficient (Wildman–Crippen LogP) is 2.78. The molecule has 4 nitrogen and oxygen atoms in total. The van der Waals surface area contributed by atoms with Gasteiger partial charge in [-0.1, -0.05) is 0 Å². The van der Waals surface area contributed by atoms with Crippen molar-refractivity contribution in [2.75, 3.05) is 20.2 Å². The van der Waals surface area contributed by atoms with Gasteiger partial charge in [-0.25, -0.2) is 4.98 Å². The first-order chi connectivity index (χ1) is 9.69. The number of nitrogens with zero attached hydrogens (tertiary/aromatic N) is 2. The van der Waals surface area contributed by atoms with Gasteiger partial charge in [0.15, 0.2) is 0 Å². The first kappa shape index (κ1) is 13.4. The summed E-state index contributed by atoms with van der Waals surface area (Å²) in [7, 11) is 1.70. The average Bonchev–Trinajstić information content (AvgIpc) is 3.04. The van der Waals surface area contributed by atoms with E-state index in [9.17, 15) is 0 Å². The molecule has 108 valence electrons. The Balaban J connectivity index is 2.02. The summed E-state index contributed by atoms with van der Waals surface area (Å²) in [6.45, 7) is 6.70. The Morgan fingerprint density at radius 2 is 2.30 bits per heavy atom. The molecule has 2 aromatic rings. The van der Waals surface area contributed by atoms with Crippen molar-refractivity contribution in [3.8, 4) is 5.75 Å². The van der Waals surface area contributed by atoms with Gasteiger partial charge in [0.1, 0.15) is 11.6 Å². The van der Waals surface area contributed by atoms with E-state index in [4.69, 9.17) is 9.72 Å². The molecule has 0 aliphatic carbocycles. The Hall–Kier alpha value is -1.55. The molecule has 0 saturated carbocycles. The molecule has 0 radical (unpaired) electrons. The highest BCUT2D eigenvalue weighted by Gasteiger charge is 2.20. The summed E-state index contributed by atoms with van der Waals surface area (Å²) in [5.41, 5.74) is 2.25. The van der Waals surface area contributed by atoms with Gasteiger partial charge in [0.05, 0.1) is 18.1 Å². The summed E-state index contributed by atoms with van der Waals surface area (Å²) in [4.78, 5) is 4.86. The molecule has 1 atom stereocenters. The van der Waals surface area contributed by atoms with Crippen molar-refractivity contribution in [3.63, 3.8) is 0 Å². The lowest BCUT2D eigenvalue weighted by Gasteiger charge is -2.15. The Morgan fingerprint density at radius 1 is 1.45 bits per heavy atom. The van der Waals surface area contributed by atoms with E-state index >= 15 is 0 Å². The van der Waals surface area contributed by atoms with Crippen LogP contribution in [-0.2, 0) is 6.42 Å².